The molecule has 0 saturated heterocycles. The van der Waals surface area contributed by atoms with E-state index in [-0.39, 0.29) is 11.2 Å². The summed E-state index contributed by atoms with van der Waals surface area (Å²) in [5.41, 5.74) is 0.169. The maximum Gasteiger partial charge on any atom is 0.211 e. The minimum Gasteiger partial charge on any atom is -0.215 e. The highest BCUT2D eigenvalue weighted by Gasteiger charge is 2.33. The Balaban J connectivity index is 2.50. The van der Waals surface area contributed by atoms with Gasteiger partial charge in [0.1, 0.15) is 0 Å². The monoisotopic (exact) mass is 283 g/mol. The molecule has 0 atom stereocenters. The fourth-order valence-corrected chi connectivity index (χ4v) is 3.34. The van der Waals surface area contributed by atoms with E-state index in [0.29, 0.717) is 6.54 Å². The largest absolute Gasteiger partial charge is 0.215 e. The molecule has 1 aliphatic rings. The summed E-state index contributed by atoms with van der Waals surface area (Å²) < 4.78 is 25.3. The molecule has 14 heavy (non-hydrogen) atoms. The van der Waals surface area contributed by atoms with Crippen molar-refractivity contribution in [1.82, 2.24) is 4.72 Å². The van der Waals surface area contributed by atoms with Gasteiger partial charge in [-0.1, -0.05) is 28.8 Å². The molecule has 1 N–H and O–H groups in total. The van der Waals surface area contributed by atoms with Gasteiger partial charge >= 0.3 is 0 Å². The van der Waals surface area contributed by atoms with E-state index in [1.165, 1.54) is 12.8 Å². The van der Waals surface area contributed by atoms with Crippen LogP contribution in [-0.2, 0) is 10.0 Å². The van der Waals surface area contributed by atoms with Crippen LogP contribution in [-0.4, -0.2) is 26.0 Å². The lowest BCUT2D eigenvalue weighted by molar-refractivity contribution is 0.348. The number of rotatable bonds is 5. The minimum absolute atomic E-state index is 0.169. The smallest absolute Gasteiger partial charge is 0.211 e. The molecule has 0 aromatic heterocycles. The first-order valence-electron chi connectivity index (χ1n) is 5.07. The number of sulfonamides is 1. The van der Waals surface area contributed by atoms with Crippen molar-refractivity contribution < 1.29 is 8.42 Å². The lowest BCUT2D eigenvalue weighted by Crippen LogP contribution is -2.37. The van der Waals surface area contributed by atoms with E-state index >= 15 is 0 Å². The molecular weight excluding hydrogens is 266 g/mol. The van der Waals surface area contributed by atoms with Crippen LogP contribution in [0.3, 0.4) is 0 Å². The lowest BCUT2D eigenvalue weighted by Gasteiger charge is -2.26. The Morgan fingerprint density at radius 1 is 1.36 bits per heavy atom. The summed E-state index contributed by atoms with van der Waals surface area (Å²) in [5.74, 6) is 0.172. The number of nitrogens with one attached hydrogen (secondary N) is 1. The third-order valence-electron chi connectivity index (χ3n) is 2.99. The topological polar surface area (TPSA) is 46.2 Å². The van der Waals surface area contributed by atoms with Gasteiger partial charge in [0, 0.05) is 11.9 Å². The van der Waals surface area contributed by atoms with E-state index in [9.17, 15) is 8.42 Å². The summed E-state index contributed by atoms with van der Waals surface area (Å²) in [6.45, 7) is 2.26. The Hall–Kier alpha value is 0.390. The van der Waals surface area contributed by atoms with Gasteiger partial charge in [0.15, 0.2) is 0 Å². The van der Waals surface area contributed by atoms with E-state index in [2.05, 4.69) is 20.7 Å². The van der Waals surface area contributed by atoms with Crippen molar-refractivity contribution in [2.45, 2.75) is 32.6 Å². The third-order valence-corrected chi connectivity index (χ3v) is 5.53. The first kappa shape index (κ1) is 12.5. The Kier molecular flexibility index (Phi) is 4.40. The van der Waals surface area contributed by atoms with Crippen LogP contribution in [0.15, 0.2) is 0 Å². The molecule has 0 radical (unpaired) electrons. The maximum absolute atomic E-state index is 11.3. The van der Waals surface area contributed by atoms with Gasteiger partial charge in [0.25, 0.3) is 0 Å². The normalized spacial score (nSPS) is 21.3. The predicted molar refractivity (Wildman–Crippen MR) is 62.2 cm³/mol. The molecular formula is C9H18BrNO2S. The van der Waals surface area contributed by atoms with Crippen LogP contribution < -0.4 is 4.72 Å². The molecule has 0 amide bonds. The second-order valence-corrected chi connectivity index (χ2v) is 6.72. The second-order valence-electron chi connectivity index (χ2n) is 4.07. The van der Waals surface area contributed by atoms with Crippen LogP contribution in [0, 0.1) is 5.41 Å². The zero-order chi connectivity index (χ0) is 10.7. The molecule has 1 rings (SSSR count). The molecule has 0 spiro atoms. The van der Waals surface area contributed by atoms with Crippen molar-refractivity contribution >= 4 is 26.0 Å². The number of halogens is 1. The second kappa shape index (κ2) is 4.94. The highest BCUT2D eigenvalue weighted by Crippen LogP contribution is 2.39. The summed E-state index contributed by atoms with van der Waals surface area (Å²) in [6.07, 6.45) is 4.70. The summed E-state index contributed by atoms with van der Waals surface area (Å²) in [5, 5.41) is 0.895. The molecule has 84 valence electrons. The third kappa shape index (κ3) is 3.21. The first-order chi connectivity index (χ1) is 6.54. The molecule has 1 aliphatic carbocycles. The highest BCUT2D eigenvalue weighted by atomic mass is 79.9. The predicted octanol–water partition coefficient (Wildman–Crippen LogP) is 1.88. The van der Waals surface area contributed by atoms with Gasteiger partial charge in [-0.25, -0.2) is 13.1 Å². The molecule has 5 heteroatoms. The van der Waals surface area contributed by atoms with Crippen LogP contribution in [0.1, 0.15) is 32.6 Å². The number of alkyl halides is 1. The maximum atomic E-state index is 11.3. The van der Waals surface area contributed by atoms with Crippen LogP contribution in [0.4, 0.5) is 0 Å². The van der Waals surface area contributed by atoms with E-state index in [1.807, 2.05) is 0 Å². The summed E-state index contributed by atoms with van der Waals surface area (Å²) >= 11 is 3.49. The van der Waals surface area contributed by atoms with Crippen LogP contribution in [0.2, 0.25) is 0 Å². The molecule has 0 bridgehead atoms. The minimum atomic E-state index is -3.03. The van der Waals surface area contributed by atoms with Crippen LogP contribution in [0.5, 0.6) is 0 Å². The first-order valence-corrected chi connectivity index (χ1v) is 7.84. The van der Waals surface area contributed by atoms with Crippen molar-refractivity contribution in [3.63, 3.8) is 0 Å². The van der Waals surface area contributed by atoms with Crippen LogP contribution >= 0.6 is 15.9 Å². The van der Waals surface area contributed by atoms with Crippen molar-refractivity contribution in [2.75, 3.05) is 17.6 Å². The molecule has 1 saturated carbocycles. The average Bonchev–Trinajstić information content (AvgIpc) is 2.65. The van der Waals surface area contributed by atoms with Gasteiger partial charge in [-0.2, -0.15) is 0 Å². The molecule has 3 nitrogen and oxygen atoms in total. The Labute approximate surface area is 94.8 Å². The zero-order valence-corrected chi connectivity index (χ0v) is 11.0. The van der Waals surface area contributed by atoms with Crippen molar-refractivity contribution in [3.05, 3.63) is 0 Å². The Bertz CT molecular complexity index is 271. The standard InChI is InChI=1S/C9H18BrNO2S/c1-2-14(12,13)11-8-9(7-10)5-3-4-6-9/h11H,2-8H2,1H3. The molecule has 0 aromatic carbocycles. The number of hydrogen-bond acceptors (Lipinski definition) is 2. The summed E-state index contributed by atoms with van der Waals surface area (Å²) in [4.78, 5) is 0. The SMILES string of the molecule is CCS(=O)(=O)NCC1(CBr)CCCC1. The van der Waals surface area contributed by atoms with Gasteiger partial charge in [-0.15, -0.1) is 0 Å². The number of hydrogen-bond donors (Lipinski definition) is 1. The van der Waals surface area contributed by atoms with E-state index in [1.54, 1.807) is 6.92 Å². The van der Waals surface area contributed by atoms with Crippen LogP contribution in [0.25, 0.3) is 0 Å². The highest BCUT2D eigenvalue weighted by molar-refractivity contribution is 9.09. The molecule has 0 aromatic rings. The Morgan fingerprint density at radius 3 is 2.36 bits per heavy atom. The Morgan fingerprint density at radius 2 is 1.93 bits per heavy atom. The van der Waals surface area contributed by atoms with E-state index in [0.717, 1.165) is 18.2 Å². The van der Waals surface area contributed by atoms with E-state index < -0.39 is 10.0 Å². The lowest BCUT2D eigenvalue weighted by atomic mass is 9.89. The quantitative estimate of drug-likeness (QED) is 0.784. The molecule has 0 heterocycles. The van der Waals surface area contributed by atoms with Gasteiger partial charge < -0.3 is 0 Å². The van der Waals surface area contributed by atoms with E-state index in [4.69, 9.17) is 0 Å². The molecule has 0 aliphatic heterocycles. The van der Waals surface area contributed by atoms with Crippen molar-refractivity contribution in [1.29, 1.82) is 0 Å². The van der Waals surface area contributed by atoms with Crippen molar-refractivity contribution in [3.8, 4) is 0 Å². The fourth-order valence-electron chi connectivity index (χ4n) is 1.85. The zero-order valence-electron chi connectivity index (χ0n) is 8.55. The molecule has 0 unspecified atom stereocenters. The summed E-state index contributed by atoms with van der Waals surface area (Å²) in [7, 11) is -3.03. The summed E-state index contributed by atoms with van der Waals surface area (Å²) in [6, 6.07) is 0. The van der Waals surface area contributed by atoms with Crippen molar-refractivity contribution in [2.24, 2.45) is 5.41 Å². The fraction of sp³-hybridized carbons (Fsp3) is 1.00. The molecule has 1 fully saturated rings. The van der Waals surface area contributed by atoms with Gasteiger partial charge in [-0.3, -0.25) is 0 Å². The van der Waals surface area contributed by atoms with Gasteiger partial charge in [0.05, 0.1) is 5.75 Å². The van der Waals surface area contributed by atoms with Gasteiger partial charge in [-0.05, 0) is 25.2 Å². The van der Waals surface area contributed by atoms with Gasteiger partial charge in [0.2, 0.25) is 10.0 Å². The average molecular weight is 284 g/mol.